The van der Waals surface area contributed by atoms with E-state index in [4.69, 9.17) is 5.73 Å². The van der Waals surface area contributed by atoms with Crippen molar-refractivity contribution in [2.24, 2.45) is 17.1 Å². The summed E-state index contributed by atoms with van der Waals surface area (Å²) in [4.78, 5) is 2.76. The van der Waals surface area contributed by atoms with Gasteiger partial charge >= 0.3 is 0 Å². The molecular formula is C15H30N2. The number of hydrogen-bond acceptors (Lipinski definition) is 2. The summed E-state index contributed by atoms with van der Waals surface area (Å²) in [5.41, 5.74) is 6.57. The summed E-state index contributed by atoms with van der Waals surface area (Å²) in [7, 11) is 0. The van der Waals surface area contributed by atoms with Gasteiger partial charge in [0.1, 0.15) is 0 Å². The quantitative estimate of drug-likeness (QED) is 0.819. The first kappa shape index (κ1) is 13.4. The molecule has 0 bridgehead atoms. The van der Waals surface area contributed by atoms with Gasteiger partial charge in [-0.15, -0.1) is 0 Å². The van der Waals surface area contributed by atoms with E-state index in [9.17, 15) is 0 Å². The molecule has 2 N–H and O–H groups in total. The van der Waals surface area contributed by atoms with Crippen molar-refractivity contribution in [2.75, 3.05) is 19.6 Å². The molecule has 100 valence electrons. The molecule has 17 heavy (non-hydrogen) atoms. The lowest BCUT2D eigenvalue weighted by Crippen LogP contribution is -2.49. The van der Waals surface area contributed by atoms with E-state index >= 15 is 0 Å². The van der Waals surface area contributed by atoms with E-state index in [1.165, 1.54) is 58.0 Å². The number of nitrogens with zero attached hydrogens (tertiary/aromatic N) is 1. The molecule has 2 rings (SSSR count). The second kappa shape index (κ2) is 5.71. The van der Waals surface area contributed by atoms with Crippen molar-refractivity contribution < 1.29 is 0 Å². The molecule has 2 heteroatoms. The van der Waals surface area contributed by atoms with E-state index < -0.39 is 0 Å². The highest BCUT2D eigenvalue weighted by Crippen LogP contribution is 2.37. The monoisotopic (exact) mass is 238 g/mol. The van der Waals surface area contributed by atoms with Gasteiger partial charge in [-0.1, -0.05) is 33.1 Å². The van der Waals surface area contributed by atoms with E-state index in [2.05, 4.69) is 18.7 Å². The van der Waals surface area contributed by atoms with Crippen LogP contribution in [0.3, 0.4) is 0 Å². The molecule has 2 aliphatic rings. The largest absolute Gasteiger partial charge is 0.330 e. The standard InChI is InChI=1S/C15H30N2/c1-3-15(2)8-10-17(11-9-15)14-7-5-4-6-13(14)12-16/h13-14H,3-12,16H2,1-2H3. The Kier molecular flexibility index (Phi) is 4.48. The molecule has 0 spiro atoms. The second-order valence-electron chi connectivity index (χ2n) is 6.55. The molecule has 0 aromatic rings. The van der Waals surface area contributed by atoms with Crippen LogP contribution in [-0.4, -0.2) is 30.6 Å². The molecular weight excluding hydrogens is 208 g/mol. The summed E-state index contributed by atoms with van der Waals surface area (Å²) in [5, 5.41) is 0. The van der Waals surface area contributed by atoms with E-state index in [1.807, 2.05) is 0 Å². The number of likely N-dealkylation sites (tertiary alicyclic amines) is 1. The Morgan fingerprint density at radius 3 is 2.41 bits per heavy atom. The molecule has 1 heterocycles. The summed E-state index contributed by atoms with van der Waals surface area (Å²) >= 11 is 0. The van der Waals surface area contributed by atoms with Crippen molar-refractivity contribution >= 4 is 0 Å². The van der Waals surface area contributed by atoms with Gasteiger partial charge in [-0.3, -0.25) is 0 Å². The molecule has 1 saturated heterocycles. The molecule has 2 nitrogen and oxygen atoms in total. The van der Waals surface area contributed by atoms with E-state index in [1.54, 1.807) is 0 Å². The molecule has 2 fully saturated rings. The zero-order valence-electron chi connectivity index (χ0n) is 11.8. The Hall–Kier alpha value is -0.0800. The Morgan fingerprint density at radius 2 is 1.82 bits per heavy atom. The van der Waals surface area contributed by atoms with Gasteiger partial charge in [0.15, 0.2) is 0 Å². The Balaban J connectivity index is 1.90. The molecule has 0 amide bonds. The van der Waals surface area contributed by atoms with Crippen molar-refractivity contribution in [3.8, 4) is 0 Å². The van der Waals surface area contributed by atoms with Gasteiger partial charge in [0.2, 0.25) is 0 Å². The Labute approximate surface area is 107 Å². The van der Waals surface area contributed by atoms with Crippen LogP contribution in [0.2, 0.25) is 0 Å². The van der Waals surface area contributed by atoms with Gasteiger partial charge < -0.3 is 10.6 Å². The van der Waals surface area contributed by atoms with Crippen molar-refractivity contribution in [1.29, 1.82) is 0 Å². The average Bonchev–Trinajstić information content (AvgIpc) is 2.40. The van der Waals surface area contributed by atoms with Crippen LogP contribution in [0, 0.1) is 11.3 Å². The first-order chi connectivity index (χ1) is 8.18. The summed E-state index contributed by atoms with van der Waals surface area (Å²) in [5.74, 6) is 0.773. The normalized spacial score (nSPS) is 34.8. The van der Waals surface area contributed by atoms with Crippen LogP contribution >= 0.6 is 0 Å². The van der Waals surface area contributed by atoms with Gasteiger partial charge in [0.25, 0.3) is 0 Å². The van der Waals surface area contributed by atoms with Crippen LogP contribution in [-0.2, 0) is 0 Å². The van der Waals surface area contributed by atoms with Crippen molar-refractivity contribution in [2.45, 2.75) is 64.8 Å². The molecule has 0 radical (unpaired) electrons. The third kappa shape index (κ3) is 3.03. The van der Waals surface area contributed by atoms with Gasteiger partial charge in [-0.25, -0.2) is 0 Å². The van der Waals surface area contributed by atoms with Gasteiger partial charge in [0.05, 0.1) is 0 Å². The first-order valence-corrected chi connectivity index (χ1v) is 7.62. The van der Waals surface area contributed by atoms with Crippen molar-refractivity contribution in [1.82, 2.24) is 4.90 Å². The Morgan fingerprint density at radius 1 is 1.18 bits per heavy atom. The van der Waals surface area contributed by atoms with Crippen LogP contribution in [0.1, 0.15) is 58.8 Å². The maximum absolute atomic E-state index is 5.95. The van der Waals surface area contributed by atoms with Gasteiger partial charge in [0, 0.05) is 6.04 Å². The number of rotatable bonds is 3. The fraction of sp³-hybridized carbons (Fsp3) is 1.00. The van der Waals surface area contributed by atoms with Crippen LogP contribution in [0.25, 0.3) is 0 Å². The predicted octanol–water partition coefficient (Wildman–Crippen LogP) is 3.02. The highest BCUT2D eigenvalue weighted by Gasteiger charge is 2.34. The van der Waals surface area contributed by atoms with Crippen LogP contribution in [0.4, 0.5) is 0 Å². The SMILES string of the molecule is CCC1(C)CCN(C2CCCCC2CN)CC1. The average molecular weight is 238 g/mol. The lowest BCUT2D eigenvalue weighted by atomic mass is 9.76. The number of hydrogen-bond donors (Lipinski definition) is 1. The lowest BCUT2D eigenvalue weighted by Gasteiger charge is -2.46. The predicted molar refractivity (Wildman–Crippen MR) is 74.0 cm³/mol. The molecule has 2 atom stereocenters. The van der Waals surface area contributed by atoms with E-state index in [0.29, 0.717) is 5.41 Å². The minimum Gasteiger partial charge on any atom is -0.330 e. The summed E-state index contributed by atoms with van der Waals surface area (Å²) in [6.07, 6.45) is 9.69. The molecule has 0 aromatic heterocycles. The topological polar surface area (TPSA) is 29.3 Å². The fourth-order valence-electron chi connectivity index (χ4n) is 3.69. The van der Waals surface area contributed by atoms with Crippen molar-refractivity contribution in [3.63, 3.8) is 0 Å². The maximum atomic E-state index is 5.95. The summed E-state index contributed by atoms with van der Waals surface area (Å²) < 4.78 is 0. The minimum absolute atomic E-state index is 0.614. The van der Waals surface area contributed by atoms with Crippen LogP contribution < -0.4 is 5.73 Å². The van der Waals surface area contributed by atoms with E-state index in [-0.39, 0.29) is 0 Å². The smallest absolute Gasteiger partial charge is 0.0136 e. The number of piperidine rings is 1. The highest BCUT2D eigenvalue weighted by atomic mass is 15.2. The second-order valence-corrected chi connectivity index (χ2v) is 6.55. The molecule has 0 aromatic carbocycles. The lowest BCUT2D eigenvalue weighted by molar-refractivity contribution is 0.0407. The first-order valence-electron chi connectivity index (χ1n) is 7.62. The maximum Gasteiger partial charge on any atom is 0.0136 e. The number of nitrogens with two attached hydrogens (primary N) is 1. The van der Waals surface area contributed by atoms with Gasteiger partial charge in [-0.05, 0) is 56.7 Å². The Bertz CT molecular complexity index is 231. The van der Waals surface area contributed by atoms with Crippen LogP contribution in [0.15, 0.2) is 0 Å². The van der Waals surface area contributed by atoms with Gasteiger partial charge in [-0.2, -0.15) is 0 Å². The fourth-order valence-corrected chi connectivity index (χ4v) is 3.69. The van der Waals surface area contributed by atoms with Crippen LogP contribution in [0.5, 0.6) is 0 Å². The molecule has 1 saturated carbocycles. The zero-order chi connectivity index (χ0) is 12.3. The third-order valence-corrected chi connectivity index (χ3v) is 5.50. The summed E-state index contributed by atoms with van der Waals surface area (Å²) in [6, 6.07) is 0.801. The van der Waals surface area contributed by atoms with Crippen molar-refractivity contribution in [3.05, 3.63) is 0 Å². The molecule has 1 aliphatic carbocycles. The summed E-state index contributed by atoms with van der Waals surface area (Å²) in [6.45, 7) is 8.33. The molecule has 1 aliphatic heterocycles. The highest BCUT2D eigenvalue weighted by molar-refractivity contribution is 4.89. The zero-order valence-corrected chi connectivity index (χ0v) is 11.8. The minimum atomic E-state index is 0.614. The van der Waals surface area contributed by atoms with E-state index in [0.717, 1.165) is 18.5 Å². The third-order valence-electron chi connectivity index (χ3n) is 5.50. The molecule has 2 unspecified atom stereocenters.